The monoisotopic (exact) mass is 332 g/mol. The normalized spacial score (nSPS) is 12.1. The van der Waals surface area contributed by atoms with E-state index in [2.05, 4.69) is 5.73 Å². The van der Waals surface area contributed by atoms with Gasteiger partial charge in [0.05, 0.1) is 0 Å². The Labute approximate surface area is 116 Å². The summed E-state index contributed by atoms with van der Waals surface area (Å²) in [5, 5.41) is 0. The Kier molecular flexibility index (Phi) is 14.1. The minimum Gasteiger partial charge on any atom is -1.00 e. The molecule has 1 aliphatic carbocycles. The summed E-state index contributed by atoms with van der Waals surface area (Å²) in [6.45, 7) is 3.80. The topological polar surface area (TPSA) is 17.1 Å². The number of allylic oxidation sites excluding steroid dienone is 3. The van der Waals surface area contributed by atoms with Crippen LogP contribution in [0.5, 0.6) is 0 Å². The maximum atomic E-state index is 11.3. The summed E-state index contributed by atoms with van der Waals surface area (Å²) in [5.74, 6) is 0.274. The summed E-state index contributed by atoms with van der Waals surface area (Å²) in [6.07, 6.45) is 7.11. The van der Waals surface area contributed by atoms with Crippen molar-refractivity contribution in [3.63, 3.8) is 0 Å². The second-order valence-electron chi connectivity index (χ2n) is 2.81. The van der Waals surface area contributed by atoms with Gasteiger partial charge in [0.25, 0.3) is 0 Å². The molecule has 1 rings (SSSR count). The first-order valence-electron chi connectivity index (χ1n) is 3.72. The summed E-state index contributed by atoms with van der Waals surface area (Å²) in [4.78, 5) is 11.3. The Morgan fingerprint density at radius 2 is 1.86 bits per heavy atom. The van der Waals surface area contributed by atoms with Gasteiger partial charge in [0.2, 0.25) is 0 Å². The summed E-state index contributed by atoms with van der Waals surface area (Å²) in [5.41, 5.74) is 3.65. The molecule has 0 aliphatic heterocycles. The van der Waals surface area contributed by atoms with Crippen molar-refractivity contribution in [2.45, 2.75) is 13.8 Å². The summed E-state index contributed by atoms with van der Waals surface area (Å²) in [6, 6.07) is 0. The predicted octanol–water partition coefficient (Wildman–Crippen LogP) is -4.31. The standard InChI is InChI=1S/C10H11O.2ClH.In/c1-8(2)10(11)9-6-4-3-5-7-9;;;/h4-8H,1-2H3;2*1H;/p-2. The third kappa shape index (κ3) is 5.98. The van der Waals surface area contributed by atoms with Crippen LogP contribution in [0.1, 0.15) is 13.8 Å². The van der Waals surface area contributed by atoms with Crippen LogP contribution in [0.25, 0.3) is 0 Å². The molecule has 4 radical (unpaired) electrons. The maximum absolute atomic E-state index is 11.3. The number of hydrogen-bond donors (Lipinski definition) is 0. The Morgan fingerprint density at radius 3 is 2.21 bits per heavy atom. The Hall–Kier alpha value is 0.380. The number of ketones is 1. The molecule has 0 fully saturated rings. The van der Waals surface area contributed by atoms with E-state index in [0.29, 0.717) is 0 Å². The third-order valence-corrected chi connectivity index (χ3v) is 1.53. The van der Waals surface area contributed by atoms with Crippen molar-refractivity contribution in [3.05, 3.63) is 36.0 Å². The van der Waals surface area contributed by atoms with Crippen molar-refractivity contribution in [1.82, 2.24) is 0 Å². The van der Waals surface area contributed by atoms with Crippen LogP contribution in [-0.2, 0) is 4.79 Å². The SMILES string of the molecule is CC(C)C(=O)C1=CC=C=C[CH]1.[Cl-].[Cl-].[In]. The van der Waals surface area contributed by atoms with E-state index in [1.807, 2.05) is 13.8 Å². The van der Waals surface area contributed by atoms with Gasteiger partial charge in [-0.3, -0.25) is 4.79 Å². The minimum absolute atomic E-state index is 0. The molecular weight excluding hydrogens is 322 g/mol. The Bertz CT molecular complexity index is 263. The van der Waals surface area contributed by atoms with Crippen LogP contribution in [0.2, 0.25) is 0 Å². The molecule has 1 aliphatic rings. The number of carbonyl (C=O) groups excluding carboxylic acids is 1. The van der Waals surface area contributed by atoms with E-state index in [-0.39, 0.29) is 62.4 Å². The van der Waals surface area contributed by atoms with Crippen LogP contribution < -0.4 is 24.8 Å². The molecule has 0 aromatic carbocycles. The van der Waals surface area contributed by atoms with Gasteiger partial charge in [-0.2, -0.15) is 0 Å². The Morgan fingerprint density at radius 1 is 1.29 bits per heavy atom. The summed E-state index contributed by atoms with van der Waals surface area (Å²) in [7, 11) is 0. The van der Waals surface area contributed by atoms with E-state index >= 15 is 0 Å². The van der Waals surface area contributed by atoms with Gasteiger partial charge >= 0.3 is 0 Å². The predicted molar refractivity (Wildman–Crippen MR) is 50.6 cm³/mol. The second-order valence-corrected chi connectivity index (χ2v) is 2.81. The molecule has 0 N–H and O–H groups in total. The van der Waals surface area contributed by atoms with Gasteiger partial charge in [-0.1, -0.05) is 13.8 Å². The van der Waals surface area contributed by atoms with E-state index in [4.69, 9.17) is 0 Å². The van der Waals surface area contributed by atoms with E-state index in [9.17, 15) is 4.79 Å². The van der Waals surface area contributed by atoms with E-state index in [1.54, 1.807) is 24.6 Å². The molecule has 0 saturated heterocycles. The smallest absolute Gasteiger partial charge is 0.162 e. The van der Waals surface area contributed by atoms with Gasteiger partial charge in [0, 0.05) is 43.8 Å². The molecule has 0 bridgehead atoms. The van der Waals surface area contributed by atoms with Crippen LogP contribution in [0.15, 0.2) is 29.5 Å². The van der Waals surface area contributed by atoms with Crippen molar-refractivity contribution < 1.29 is 29.6 Å². The van der Waals surface area contributed by atoms with Crippen molar-refractivity contribution in [2.24, 2.45) is 5.92 Å². The molecule has 14 heavy (non-hydrogen) atoms. The van der Waals surface area contributed by atoms with Crippen LogP contribution in [0.4, 0.5) is 0 Å². The zero-order valence-corrected chi connectivity index (χ0v) is 12.9. The van der Waals surface area contributed by atoms with Gasteiger partial charge in [-0.25, -0.2) is 0 Å². The number of carbonyl (C=O) groups is 1. The van der Waals surface area contributed by atoms with E-state index in [1.165, 1.54) is 0 Å². The van der Waals surface area contributed by atoms with Crippen LogP contribution in [-0.4, -0.2) is 31.6 Å². The summed E-state index contributed by atoms with van der Waals surface area (Å²) >= 11 is 0. The first kappa shape index (κ1) is 19.9. The van der Waals surface area contributed by atoms with E-state index < -0.39 is 0 Å². The molecule has 4 heteroatoms. The van der Waals surface area contributed by atoms with Crippen LogP contribution >= 0.6 is 0 Å². The third-order valence-electron chi connectivity index (χ3n) is 1.53. The first-order chi connectivity index (χ1) is 5.22. The fourth-order valence-corrected chi connectivity index (χ4v) is 0.884. The minimum atomic E-state index is 0. The average Bonchev–Trinajstić information content (AvgIpc) is 2.05. The van der Waals surface area contributed by atoms with Crippen molar-refractivity contribution in [2.75, 3.05) is 0 Å². The molecule has 1 nitrogen and oxygen atoms in total. The van der Waals surface area contributed by atoms with Crippen LogP contribution in [0, 0.1) is 12.3 Å². The molecule has 0 atom stereocenters. The number of Topliss-reactive ketones (excluding diaryl/α,β-unsaturated/α-hetero) is 1. The van der Waals surface area contributed by atoms with Crippen molar-refractivity contribution in [1.29, 1.82) is 0 Å². The Balaban J connectivity index is -0.000000403. The van der Waals surface area contributed by atoms with Gasteiger partial charge in [-0.05, 0) is 18.2 Å². The molecule has 76 valence electrons. The van der Waals surface area contributed by atoms with Crippen molar-refractivity contribution >= 4 is 31.6 Å². The van der Waals surface area contributed by atoms with Crippen LogP contribution in [0.3, 0.4) is 0 Å². The maximum Gasteiger partial charge on any atom is 0.162 e. The summed E-state index contributed by atoms with van der Waals surface area (Å²) < 4.78 is 0. The average molecular weight is 333 g/mol. The molecule has 0 aromatic heterocycles. The quantitative estimate of drug-likeness (QED) is 0.468. The molecular formula is C10H11Cl2InO-2. The van der Waals surface area contributed by atoms with Crippen molar-refractivity contribution in [3.8, 4) is 0 Å². The fraction of sp³-hybridized carbons (Fsp3) is 0.300. The van der Waals surface area contributed by atoms with Gasteiger partial charge < -0.3 is 24.8 Å². The van der Waals surface area contributed by atoms with Gasteiger partial charge in [0.1, 0.15) is 0 Å². The van der Waals surface area contributed by atoms with Gasteiger partial charge in [-0.15, -0.1) is 5.73 Å². The molecule has 0 unspecified atom stereocenters. The first-order valence-corrected chi connectivity index (χ1v) is 3.72. The zero-order valence-electron chi connectivity index (χ0n) is 8.13. The second kappa shape index (κ2) is 9.92. The molecule has 0 spiro atoms. The molecule has 0 amide bonds. The number of rotatable bonds is 2. The van der Waals surface area contributed by atoms with E-state index in [0.717, 1.165) is 5.57 Å². The number of hydrogen-bond acceptors (Lipinski definition) is 1. The number of halogens is 2. The molecule has 0 aromatic rings. The fourth-order valence-electron chi connectivity index (χ4n) is 0.884. The zero-order chi connectivity index (χ0) is 8.27. The largest absolute Gasteiger partial charge is 1.00 e. The molecule has 0 saturated carbocycles. The molecule has 0 heterocycles. The van der Waals surface area contributed by atoms with Gasteiger partial charge in [0.15, 0.2) is 5.78 Å².